The molecule has 4 rings (SSSR count). The fourth-order valence-corrected chi connectivity index (χ4v) is 3.41. The third-order valence-electron chi connectivity index (χ3n) is 4.76. The van der Waals surface area contributed by atoms with Gasteiger partial charge in [-0.15, -0.1) is 0 Å². The molecule has 3 aromatic carbocycles. The Bertz CT molecular complexity index is 1220. The lowest BCUT2D eigenvalue weighted by Gasteiger charge is -2.23. The number of rotatable bonds is 1. The highest BCUT2D eigenvalue weighted by Gasteiger charge is 2.38. The van der Waals surface area contributed by atoms with Gasteiger partial charge in [-0.2, -0.15) is 0 Å². The number of carbonyl (C=O) groups is 2. The Kier molecular flexibility index (Phi) is 3.47. The van der Waals surface area contributed by atoms with Crippen LogP contribution >= 0.6 is 0 Å². The minimum Gasteiger partial charge on any atom is -0.507 e. The maximum absolute atomic E-state index is 13.1. The van der Waals surface area contributed by atoms with Gasteiger partial charge < -0.3 is 31.9 Å². The molecule has 3 aromatic rings. The molecule has 0 spiro atoms. The Morgan fingerprint density at radius 2 is 1.21 bits per heavy atom. The lowest BCUT2D eigenvalue weighted by molar-refractivity contribution is 0.0975. The molecular formula is C20H14N2O6. The summed E-state index contributed by atoms with van der Waals surface area (Å²) in [6, 6.07) is 7.52. The van der Waals surface area contributed by atoms with E-state index in [0.717, 1.165) is 0 Å². The van der Waals surface area contributed by atoms with Crippen LogP contribution in [-0.2, 0) is 0 Å². The fourth-order valence-electron chi connectivity index (χ4n) is 3.41. The van der Waals surface area contributed by atoms with E-state index in [9.17, 15) is 30.0 Å². The molecule has 1 aliphatic rings. The highest BCUT2D eigenvalue weighted by molar-refractivity contribution is 6.34. The number of fused-ring (bicyclic) bond motifs is 2. The second kappa shape index (κ2) is 5.65. The molecule has 0 radical (unpaired) electrons. The molecule has 0 unspecified atom stereocenters. The molecule has 0 heterocycles. The lowest BCUT2D eigenvalue weighted by Crippen LogP contribution is -2.24. The van der Waals surface area contributed by atoms with Crippen LogP contribution < -0.4 is 11.5 Å². The summed E-state index contributed by atoms with van der Waals surface area (Å²) in [6.45, 7) is 0. The molecule has 28 heavy (non-hydrogen) atoms. The number of ketones is 2. The van der Waals surface area contributed by atoms with Crippen molar-refractivity contribution in [3.63, 3.8) is 0 Å². The highest BCUT2D eigenvalue weighted by atomic mass is 16.3. The quantitative estimate of drug-likeness (QED) is 0.166. The maximum atomic E-state index is 13.1. The maximum Gasteiger partial charge on any atom is 0.200 e. The largest absolute Gasteiger partial charge is 0.507 e. The van der Waals surface area contributed by atoms with Gasteiger partial charge in [0.1, 0.15) is 11.5 Å². The zero-order chi connectivity index (χ0) is 20.3. The molecule has 1 aliphatic carbocycles. The van der Waals surface area contributed by atoms with Crippen molar-refractivity contribution in [2.45, 2.75) is 0 Å². The van der Waals surface area contributed by atoms with Gasteiger partial charge in [0.25, 0.3) is 0 Å². The number of nitrogen functional groups attached to an aromatic ring is 2. The third-order valence-corrected chi connectivity index (χ3v) is 4.76. The minimum absolute atomic E-state index is 0.0118. The van der Waals surface area contributed by atoms with Gasteiger partial charge in [0, 0.05) is 11.3 Å². The highest BCUT2D eigenvalue weighted by Crippen LogP contribution is 2.45. The van der Waals surface area contributed by atoms with Gasteiger partial charge in [-0.25, -0.2) is 0 Å². The third kappa shape index (κ3) is 2.18. The first kappa shape index (κ1) is 17.2. The van der Waals surface area contributed by atoms with E-state index < -0.39 is 28.8 Å². The average Bonchev–Trinajstić information content (AvgIpc) is 2.65. The van der Waals surface area contributed by atoms with Crippen molar-refractivity contribution < 1.29 is 30.0 Å². The molecule has 8 heteroatoms. The molecule has 0 fully saturated rings. The van der Waals surface area contributed by atoms with E-state index in [0.29, 0.717) is 5.56 Å². The van der Waals surface area contributed by atoms with Crippen molar-refractivity contribution in [2.75, 3.05) is 11.5 Å². The van der Waals surface area contributed by atoms with Crippen molar-refractivity contribution in [3.05, 3.63) is 58.7 Å². The van der Waals surface area contributed by atoms with Crippen LogP contribution in [0.15, 0.2) is 36.4 Å². The van der Waals surface area contributed by atoms with Crippen molar-refractivity contribution in [3.8, 4) is 34.1 Å². The van der Waals surface area contributed by atoms with Crippen molar-refractivity contribution >= 4 is 22.9 Å². The normalized spacial score (nSPS) is 12.6. The molecule has 0 aliphatic heterocycles. The van der Waals surface area contributed by atoms with Gasteiger partial charge in [0.15, 0.2) is 11.5 Å². The number of phenols is 4. The molecule has 0 atom stereocenters. The Balaban J connectivity index is 2.04. The van der Waals surface area contributed by atoms with Crippen molar-refractivity contribution in [1.29, 1.82) is 0 Å². The molecule has 0 saturated carbocycles. The van der Waals surface area contributed by atoms with E-state index in [1.165, 1.54) is 36.4 Å². The molecule has 0 saturated heterocycles. The van der Waals surface area contributed by atoms with Gasteiger partial charge in [0.05, 0.1) is 27.9 Å². The zero-order valence-electron chi connectivity index (χ0n) is 14.2. The Morgan fingerprint density at radius 3 is 1.89 bits per heavy atom. The summed E-state index contributed by atoms with van der Waals surface area (Å²) < 4.78 is 0. The number of phenolic OH excluding ortho intramolecular Hbond substituents is 4. The summed E-state index contributed by atoms with van der Waals surface area (Å²) in [5, 5.41) is 39.8. The van der Waals surface area contributed by atoms with Gasteiger partial charge in [-0.3, -0.25) is 9.59 Å². The minimum atomic E-state index is -0.757. The van der Waals surface area contributed by atoms with E-state index in [1.54, 1.807) is 0 Å². The van der Waals surface area contributed by atoms with Gasteiger partial charge in [-0.1, -0.05) is 6.07 Å². The summed E-state index contributed by atoms with van der Waals surface area (Å²) in [6.07, 6.45) is 0. The predicted molar refractivity (Wildman–Crippen MR) is 101 cm³/mol. The number of hydrogen-bond acceptors (Lipinski definition) is 8. The zero-order valence-corrected chi connectivity index (χ0v) is 14.2. The summed E-state index contributed by atoms with van der Waals surface area (Å²) in [7, 11) is 0. The van der Waals surface area contributed by atoms with Crippen LogP contribution in [0.1, 0.15) is 31.8 Å². The summed E-state index contributed by atoms with van der Waals surface area (Å²) in [4.78, 5) is 26.0. The first-order valence-electron chi connectivity index (χ1n) is 8.11. The number of aromatic hydroxyl groups is 4. The predicted octanol–water partition coefficient (Wildman–Crippen LogP) is 2.12. The molecule has 140 valence electrons. The topological polar surface area (TPSA) is 167 Å². The SMILES string of the molecule is Nc1ccc(O)c2c1C(=O)c1c(O)cc(-c3ccc(O)c(O)c3)c(N)c1C2=O. The van der Waals surface area contributed by atoms with Gasteiger partial charge in [0.2, 0.25) is 11.6 Å². The van der Waals surface area contributed by atoms with Crippen LogP contribution in [0.2, 0.25) is 0 Å². The van der Waals surface area contributed by atoms with Crippen LogP contribution in [0.3, 0.4) is 0 Å². The number of anilines is 2. The van der Waals surface area contributed by atoms with E-state index in [4.69, 9.17) is 11.5 Å². The molecule has 8 N–H and O–H groups in total. The number of hydrogen-bond donors (Lipinski definition) is 6. The Hall–Kier alpha value is -4.20. The Labute approximate surface area is 157 Å². The standard InChI is InChI=1S/C20H14N2O6/c21-9-2-4-11(24)15-14(9)19(27)16-13(26)6-8(18(22)17(16)20(15)28)7-1-3-10(23)12(25)5-7/h1-6,23-26H,21-22H2. The van der Waals surface area contributed by atoms with E-state index in [1.807, 2.05) is 0 Å². The first-order chi connectivity index (χ1) is 13.2. The Morgan fingerprint density at radius 1 is 0.607 bits per heavy atom. The number of carbonyl (C=O) groups excluding carboxylic acids is 2. The molecular weight excluding hydrogens is 364 g/mol. The van der Waals surface area contributed by atoms with Crippen LogP contribution in [0.5, 0.6) is 23.0 Å². The smallest absolute Gasteiger partial charge is 0.200 e. The van der Waals surface area contributed by atoms with Crippen LogP contribution in [0.25, 0.3) is 11.1 Å². The van der Waals surface area contributed by atoms with Gasteiger partial charge in [-0.05, 0) is 35.9 Å². The second-order valence-electron chi connectivity index (χ2n) is 6.39. The van der Waals surface area contributed by atoms with Crippen molar-refractivity contribution in [1.82, 2.24) is 0 Å². The number of benzene rings is 3. The van der Waals surface area contributed by atoms with Crippen molar-refractivity contribution in [2.24, 2.45) is 0 Å². The van der Waals surface area contributed by atoms with Gasteiger partial charge >= 0.3 is 0 Å². The van der Waals surface area contributed by atoms with E-state index in [2.05, 4.69) is 0 Å². The molecule has 0 aromatic heterocycles. The van der Waals surface area contributed by atoms with Crippen LogP contribution in [0.4, 0.5) is 11.4 Å². The first-order valence-corrected chi connectivity index (χ1v) is 8.11. The summed E-state index contributed by atoms with van der Waals surface area (Å²) >= 11 is 0. The van der Waals surface area contributed by atoms with E-state index >= 15 is 0 Å². The van der Waals surface area contributed by atoms with Crippen LogP contribution in [-0.4, -0.2) is 32.0 Å². The molecule has 0 bridgehead atoms. The summed E-state index contributed by atoms with van der Waals surface area (Å²) in [5.41, 5.74) is 11.2. The summed E-state index contributed by atoms with van der Waals surface area (Å²) in [5.74, 6) is -3.20. The lowest BCUT2D eigenvalue weighted by atomic mass is 9.80. The van der Waals surface area contributed by atoms with E-state index in [-0.39, 0.29) is 44.9 Å². The number of nitrogens with two attached hydrogens (primary N) is 2. The second-order valence-corrected chi connectivity index (χ2v) is 6.39. The van der Waals surface area contributed by atoms with Crippen LogP contribution in [0, 0.1) is 0 Å². The average molecular weight is 378 g/mol. The fraction of sp³-hybridized carbons (Fsp3) is 0. The monoisotopic (exact) mass is 378 g/mol. The molecule has 0 amide bonds. The molecule has 8 nitrogen and oxygen atoms in total.